The normalized spacial score (nSPS) is 17.5. The predicted octanol–water partition coefficient (Wildman–Crippen LogP) is -0.459. The summed E-state index contributed by atoms with van der Waals surface area (Å²) in [7, 11) is 0. The maximum Gasteiger partial charge on any atom is 0.214 e. The monoisotopic (exact) mass is 111 g/mol. The van der Waals surface area contributed by atoms with E-state index in [9.17, 15) is 9.59 Å². The lowest BCUT2D eigenvalue weighted by molar-refractivity contribution is -0.120. The molecular weight excluding hydrogens is 106 g/mol. The van der Waals surface area contributed by atoms with Gasteiger partial charge in [-0.3, -0.25) is 9.59 Å². The summed E-state index contributed by atoms with van der Waals surface area (Å²) in [6.45, 7) is 0.212. The van der Waals surface area contributed by atoms with Crippen LogP contribution >= 0.6 is 0 Å². The summed E-state index contributed by atoms with van der Waals surface area (Å²) in [5.74, 6) is -0.0166. The van der Waals surface area contributed by atoms with Gasteiger partial charge in [-0.15, -0.1) is 0 Å². The van der Waals surface area contributed by atoms with Gasteiger partial charge in [0.1, 0.15) is 0 Å². The summed E-state index contributed by atoms with van der Waals surface area (Å²) < 4.78 is 0. The Hall–Kier alpha value is -1.12. The van der Waals surface area contributed by atoms with Crippen LogP contribution in [0.5, 0.6) is 0 Å². The Kier molecular flexibility index (Phi) is 1.12. The molecule has 0 spiro atoms. The second-order valence-corrected chi connectivity index (χ2v) is 1.56. The fourth-order valence-corrected chi connectivity index (χ4v) is 0.537. The van der Waals surface area contributed by atoms with Gasteiger partial charge in [0.25, 0.3) is 0 Å². The van der Waals surface area contributed by atoms with Crippen LogP contribution in [0.3, 0.4) is 0 Å². The molecule has 0 saturated heterocycles. The molecule has 1 rings (SSSR count). The van der Waals surface area contributed by atoms with Gasteiger partial charge in [-0.2, -0.15) is 0 Å². The SMILES string of the molecule is O=CN1C=CC(=O)C1. The van der Waals surface area contributed by atoms with Gasteiger partial charge in [-0.05, 0) is 6.08 Å². The molecule has 0 unspecified atom stereocenters. The van der Waals surface area contributed by atoms with Crippen LogP contribution in [0.1, 0.15) is 0 Å². The lowest BCUT2D eigenvalue weighted by atomic mass is 10.4. The standard InChI is InChI=1S/C5H5NO2/c7-4-6-2-1-5(8)3-6/h1-2,4H,3H2. The van der Waals surface area contributed by atoms with E-state index in [1.807, 2.05) is 0 Å². The summed E-state index contributed by atoms with van der Waals surface area (Å²) in [6.07, 6.45) is 3.48. The predicted molar refractivity (Wildman–Crippen MR) is 26.9 cm³/mol. The zero-order chi connectivity index (χ0) is 5.98. The number of hydrogen-bond acceptors (Lipinski definition) is 2. The van der Waals surface area contributed by atoms with E-state index in [0.717, 1.165) is 0 Å². The van der Waals surface area contributed by atoms with Gasteiger partial charge in [0, 0.05) is 6.20 Å². The average molecular weight is 111 g/mol. The van der Waals surface area contributed by atoms with E-state index in [1.165, 1.54) is 17.2 Å². The molecule has 1 heterocycles. The first-order chi connectivity index (χ1) is 3.83. The van der Waals surface area contributed by atoms with E-state index in [1.54, 1.807) is 0 Å². The lowest BCUT2D eigenvalue weighted by Crippen LogP contribution is -2.15. The summed E-state index contributed by atoms with van der Waals surface area (Å²) in [5, 5.41) is 0. The number of carbonyl (C=O) groups is 2. The maximum absolute atomic E-state index is 10.3. The molecule has 1 amide bonds. The van der Waals surface area contributed by atoms with Gasteiger partial charge in [0.15, 0.2) is 5.78 Å². The molecule has 3 nitrogen and oxygen atoms in total. The van der Waals surface area contributed by atoms with Crippen molar-refractivity contribution in [2.75, 3.05) is 6.54 Å². The highest BCUT2D eigenvalue weighted by atomic mass is 16.1. The molecule has 3 heteroatoms. The highest BCUT2D eigenvalue weighted by Gasteiger charge is 2.08. The first-order valence-electron chi connectivity index (χ1n) is 2.25. The Morgan fingerprint density at radius 3 is 2.75 bits per heavy atom. The first-order valence-corrected chi connectivity index (χ1v) is 2.25. The molecule has 8 heavy (non-hydrogen) atoms. The number of hydrogen-bond donors (Lipinski definition) is 0. The molecule has 0 saturated carbocycles. The van der Waals surface area contributed by atoms with Crippen LogP contribution < -0.4 is 0 Å². The Morgan fingerprint density at radius 2 is 2.50 bits per heavy atom. The summed E-state index contributed by atoms with van der Waals surface area (Å²) in [4.78, 5) is 21.5. The van der Waals surface area contributed by atoms with E-state index in [0.29, 0.717) is 6.41 Å². The second-order valence-electron chi connectivity index (χ2n) is 1.56. The summed E-state index contributed by atoms with van der Waals surface area (Å²) in [5.41, 5.74) is 0. The second kappa shape index (κ2) is 1.78. The van der Waals surface area contributed by atoms with E-state index < -0.39 is 0 Å². The largest absolute Gasteiger partial charge is 0.314 e. The lowest BCUT2D eigenvalue weighted by Gasteiger charge is -1.99. The van der Waals surface area contributed by atoms with Crippen molar-refractivity contribution in [1.82, 2.24) is 4.90 Å². The molecule has 0 aromatic carbocycles. The molecule has 1 aliphatic rings. The Balaban J connectivity index is 2.58. The maximum atomic E-state index is 10.3. The minimum Gasteiger partial charge on any atom is -0.314 e. The highest BCUT2D eigenvalue weighted by Crippen LogP contribution is 1.94. The molecular formula is C5H5NO2. The van der Waals surface area contributed by atoms with Crippen molar-refractivity contribution in [3.8, 4) is 0 Å². The van der Waals surface area contributed by atoms with Crippen LogP contribution in [0.25, 0.3) is 0 Å². The fraction of sp³-hybridized carbons (Fsp3) is 0.200. The number of nitrogens with zero attached hydrogens (tertiary/aromatic N) is 1. The van der Waals surface area contributed by atoms with Gasteiger partial charge >= 0.3 is 0 Å². The molecule has 0 aromatic heterocycles. The quantitative estimate of drug-likeness (QED) is 0.429. The smallest absolute Gasteiger partial charge is 0.214 e. The minimum absolute atomic E-state index is 0.0166. The fourth-order valence-electron chi connectivity index (χ4n) is 0.537. The van der Waals surface area contributed by atoms with Gasteiger partial charge in [-0.25, -0.2) is 0 Å². The zero-order valence-corrected chi connectivity index (χ0v) is 4.20. The molecule has 42 valence electrons. The van der Waals surface area contributed by atoms with E-state index in [2.05, 4.69) is 0 Å². The van der Waals surface area contributed by atoms with Gasteiger partial charge in [0.05, 0.1) is 6.54 Å². The van der Waals surface area contributed by atoms with E-state index in [-0.39, 0.29) is 12.3 Å². The summed E-state index contributed by atoms with van der Waals surface area (Å²) >= 11 is 0. The summed E-state index contributed by atoms with van der Waals surface area (Å²) in [6, 6.07) is 0. The van der Waals surface area contributed by atoms with Crippen molar-refractivity contribution in [1.29, 1.82) is 0 Å². The van der Waals surface area contributed by atoms with Crippen LogP contribution in [-0.4, -0.2) is 23.6 Å². The Bertz CT molecular complexity index is 151. The number of carbonyl (C=O) groups excluding carboxylic acids is 2. The molecule has 0 aliphatic carbocycles. The van der Waals surface area contributed by atoms with Gasteiger partial charge < -0.3 is 4.90 Å². The van der Waals surface area contributed by atoms with Crippen molar-refractivity contribution in [3.05, 3.63) is 12.3 Å². The molecule has 0 radical (unpaired) electrons. The molecule has 0 aromatic rings. The topological polar surface area (TPSA) is 37.4 Å². The third kappa shape index (κ3) is 0.753. The molecule has 1 aliphatic heterocycles. The van der Waals surface area contributed by atoms with Crippen LogP contribution in [0.15, 0.2) is 12.3 Å². The van der Waals surface area contributed by atoms with Gasteiger partial charge in [-0.1, -0.05) is 0 Å². The van der Waals surface area contributed by atoms with Crippen LogP contribution in [0, 0.1) is 0 Å². The first kappa shape index (κ1) is 5.03. The van der Waals surface area contributed by atoms with Crippen LogP contribution in [-0.2, 0) is 9.59 Å². The molecule has 0 bridgehead atoms. The van der Waals surface area contributed by atoms with Crippen molar-refractivity contribution in [2.45, 2.75) is 0 Å². The number of amides is 1. The van der Waals surface area contributed by atoms with Crippen LogP contribution in [0.2, 0.25) is 0 Å². The Morgan fingerprint density at radius 1 is 1.75 bits per heavy atom. The third-order valence-corrected chi connectivity index (χ3v) is 0.926. The van der Waals surface area contributed by atoms with Crippen molar-refractivity contribution >= 4 is 12.2 Å². The molecule has 0 fully saturated rings. The van der Waals surface area contributed by atoms with E-state index in [4.69, 9.17) is 0 Å². The number of ketones is 1. The average Bonchev–Trinajstić information content (AvgIpc) is 2.14. The number of rotatable bonds is 1. The zero-order valence-electron chi connectivity index (χ0n) is 4.20. The molecule has 0 atom stereocenters. The van der Waals surface area contributed by atoms with Crippen molar-refractivity contribution in [3.63, 3.8) is 0 Å². The third-order valence-electron chi connectivity index (χ3n) is 0.926. The molecule has 0 N–H and O–H groups in total. The van der Waals surface area contributed by atoms with Crippen molar-refractivity contribution < 1.29 is 9.59 Å². The van der Waals surface area contributed by atoms with Crippen molar-refractivity contribution in [2.24, 2.45) is 0 Å². The minimum atomic E-state index is -0.0166. The van der Waals surface area contributed by atoms with Gasteiger partial charge in [0.2, 0.25) is 6.41 Å². The van der Waals surface area contributed by atoms with Crippen LogP contribution in [0.4, 0.5) is 0 Å². The highest BCUT2D eigenvalue weighted by molar-refractivity contribution is 5.95. The van der Waals surface area contributed by atoms with E-state index >= 15 is 0 Å². The Labute approximate surface area is 46.6 Å².